The molecule has 0 spiro atoms. The minimum absolute atomic E-state index is 0.217. The van der Waals surface area contributed by atoms with E-state index in [0.717, 1.165) is 6.92 Å². The number of hydroxylamine groups is 1. The van der Waals surface area contributed by atoms with Crippen molar-refractivity contribution in [3.63, 3.8) is 0 Å². The zero-order valence-electron chi connectivity index (χ0n) is 16.0. The van der Waals surface area contributed by atoms with E-state index in [1.54, 1.807) is 48.5 Å². The van der Waals surface area contributed by atoms with Crippen LogP contribution < -0.4 is 5.48 Å². The Bertz CT molecular complexity index is 877. The molecule has 8 nitrogen and oxygen atoms in total. The number of esters is 2. The average molecular weight is 417 g/mol. The molecule has 4 atom stereocenters. The lowest BCUT2D eigenvalue weighted by atomic mass is 10.1. The van der Waals surface area contributed by atoms with Gasteiger partial charge in [-0.2, -0.15) is 0 Å². The summed E-state index contributed by atoms with van der Waals surface area (Å²) in [6.45, 7) is 0.714. The van der Waals surface area contributed by atoms with Gasteiger partial charge in [0, 0.05) is 6.92 Å². The topological polar surface area (TPSA) is 100 Å². The standard InChI is InChI=1S/C21H20FNO7/c1-13(24)30-23-19-18(29-21(26)15-10-6-3-7-11-15)17(22)16(28-19)12-27-20(25)14-8-4-2-5-9-14/h2-11,16-19,23H,12H2,1H3/t16-,17-,18-,19?/m1/s1. The fourth-order valence-electron chi connectivity index (χ4n) is 2.79. The van der Waals surface area contributed by atoms with Gasteiger partial charge in [-0.3, -0.25) is 4.79 Å². The van der Waals surface area contributed by atoms with Crippen molar-refractivity contribution < 1.29 is 37.8 Å². The summed E-state index contributed by atoms with van der Waals surface area (Å²) < 4.78 is 30.8. The fraction of sp³-hybridized carbons (Fsp3) is 0.286. The quantitative estimate of drug-likeness (QED) is 0.416. The molecule has 1 aliphatic heterocycles. The van der Waals surface area contributed by atoms with Crippen LogP contribution in [0, 0.1) is 0 Å². The van der Waals surface area contributed by atoms with Crippen molar-refractivity contribution in [2.24, 2.45) is 0 Å². The van der Waals surface area contributed by atoms with Crippen molar-refractivity contribution in [3.8, 4) is 0 Å². The molecule has 1 N–H and O–H groups in total. The molecule has 0 aromatic heterocycles. The van der Waals surface area contributed by atoms with Crippen molar-refractivity contribution in [1.82, 2.24) is 5.48 Å². The van der Waals surface area contributed by atoms with E-state index in [0.29, 0.717) is 5.56 Å². The van der Waals surface area contributed by atoms with Crippen molar-refractivity contribution in [1.29, 1.82) is 0 Å². The highest BCUT2D eigenvalue weighted by Gasteiger charge is 2.49. The number of nitrogens with one attached hydrogen (secondary N) is 1. The molecule has 9 heteroatoms. The number of halogens is 1. The van der Waals surface area contributed by atoms with Crippen LogP contribution in [0.3, 0.4) is 0 Å². The highest BCUT2D eigenvalue weighted by Crippen LogP contribution is 2.27. The molecule has 3 rings (SSSR count). The van der Waals surface area contributed by atoms with Crippen molar-refractivity contribution in [3.05, 3.63) is 71.8 Å². The lowest BCUT2D eigenvalue weighted by molar-refractivity contribution is -0.164. The van der Waals surface area contributed by atoms with Crippen LogP contribution >= 0.6 is 0 Å². The zero-order chi connectivity index (χ0) is 21.5. The third-order valence-electron chi connectivity index (χ3n) is 4.25. The number of rotatable bonds is 7. The number of hydrogen-bond donors (Lipinski definition) is 1. The van der Waals surface area contributed by atoms with E-state index in [1.807, 2.05) is 0 Å². The molecule has 0 aliphatic carbocycles. The summed E-state index contributed by atoms with van der Waals surface area (Å²) in [5.41, 5.74) is 2.75. The molecule has 2 aromatic carbocycles. The molecular weight excluding hydrogens is 397 g/mol. The third kappa shape index (κ3) is 5.40. The second-order valence-electron chi connectivity index (χ2n) is 6.45. The van der Waals surface area contributed by atoms with Gasteiger partial charge in [-0.1, -0.05) is 36.4 Å². The van der Waals surface area contributed by atoms with Crippen LogP contribution in [0.15, 0.2) is 60.7 Å². The van der Waals surface area contributed by atoms with Crippen molar-refractivity contribution >= 4 is 17.9 Å². The maximum atomic E-state index is 15.0. The van der Waals surface area contributed by atoms with E-state index in [1.165, 1.54) is 12.1 Å². The Labute approximate surface area is 171 Å². The van der Waals surface area contributed by atoms with Gasteiger partial charge in [0.15, 0.2) is 18.5 Å². The largest absolute Gasteiger partial charge is 0.459 e. The molecule has 0 radical (unpaired) electrons. The minimum Gasteiger partial charge on any atom is -0.459 e. The number of ether oxygens (including phenoxy) is 3. The number of alkyl halides is 1. The molecule has 0 amide bonds. The summed E-state index contributed by atoms with van der Waals surface area (Å²) in [4.78, 5) is 40.1. The normalized spacial score (nSPS) is 22.9. The van der Waals surface area contributed by atoms with Crippen LogP contribution in [0.1, 0.15) is 27.6 Å². The van der Waals surface area contributed by atoms with Gasteiger partial charge in [-0.05, 0) is 24.3 Å². The van der Waals surface area contributed by atoms with Crippen LogP contribution in [-0.4, -0.2) is 49.1 Å². The van der Waals surface area contributed by atoms with Crippen LogP contribution in [0.2, 0.25) is 0 Å². The monoisotopic (exact) mass is 417 g/mol. The molecule has 158 valence electrons. The lowest BCUT2D eigenvalue weighted by Crippen LogP contribution is -2.43. The molecule has 1 aliphatic rings. The van der Waals surface area contributed by atoms with Gasteiger partial charge in [0.05, 0.1) is 11.1 Å². The Morgan fingerprint density at radius 2 is 1.53 bits per heavy atom. The summed E-state index contributed by atoms with van der Waals surface area (Å²) in [5.74, 6) is -2.12. The lowest BCUT2D eigenvalue weighted by Gasteiger charge is -2.20. The maximum Gasteiger partial charge on any atom is 0.338 e. The van der Waals surface area contributed by atoms with Crippen LogP contribution in [0.25, 0.3) is 0 Å². The van der Waals surface area contributed by atoms with Gasteiger partial charge in [-0.25, -0.2) is 14.0 Å². The predicted molar refractivity (Wildman–Crippen MR) is 101 cm³/mol. The van der Waals surface area contributed by atoms with Gasteiger partial charge in [-0.15, -0.1) is 5.48 Å². The summed E-state index contributed by atoms with van der Waals surface area (Å²) in [6, 6.07) is 16.2. The predicted octanol–water partition coefficient (Wildman–Crippen LogP) is 2.20. The average Bonchev–Trinajstić information content (AvgIpc) is 3.06. The summed E-state index contributed by atoms with van der Waals surface area (Å²) in [6.07, 6.45) is -5.79. The Kier molecular flexibility index (Phi) is 7.10. The van der Waals surface area contributed by atoms with E-state index in [2.05, 4.69) is 10.3 Å². The SMILES string of the molecule is CC(=O)ONC1O[C@H](COC(=O)c2ccccc2)[C@@H](F)[C@H]1OC(=O)c1ccccc1. The van der Waals surface area contributed by atoms with E-state index in [-0.39, 0.29) is 5.56 Å². The first-order chi connectivity index (χ1) is 14.5. The van der Waals surface area contributed by atoms with E-state index in [9.17, 15) is 18.8 Å². The number of hydrogen-bond acceptors (Lipinski definition) is 8. The maximum absolute atomic E-state index is 15.0. The molecule has 30 heavy (non-hydrogen) atoms. The van der Waals surface area contributed by atoms with Crippen LogP contribution in [0.5, 0.6) is 0 Å². The Morgan fingerprint density at radius 1 is 0.967 bits per heavy atom. The highest BCUT2D eigenvalue weighted by atomic mass is 19.1. The van der Waals surface area contributed by atoms with Gasteiger partial charge >= 0.3 is 17.9 Å². The van der Waals surface area contributed by atoms with Crippen molar-refractivity contribution in [2.45, 2.75) is 31.5 Å². The summed E-state index contributed by atoms with van der Waals surface area (Å²) >= 11 is 0. The van der Waals surface area contributed by atoms with E-state index < -0.39 is 49.1 Å². The second kappa shape index (κ2) is 9.95. The van der Waals surface area contributed by atoms with Crippen LogP contribution in [0.4, 0.5) is 4.39 Å². The fourth-order valence-corrected chi connectivity index (χ4v) is 2.79. The minimum atomic E-state index is -1.84. The summed E-state index contributed by atoms with van der Waals surface area (Å²) in [7, 11) is 0. The van der Waals surface area contributed by atoms with Gasteiger partial charge < -0.3 is 19.0 Å². The third-order valence-corrected chi connectivity index (χ3v) is 4.25. The first-order valence-electron chi connectivity index (χ1n) is 9.16. The number of benzene rings is 2. The number of carbonyl (C=O) groups is 3. The summed E-state index contributed by atoms with van der Waals surface area (Å²) in [5, 5.41) is 0. The molecule has 1 fully saturated rings. The molecular formula is C21H20FNO7. The van der Waals surface area contributed by atoms with Gasteiger partial charge in [0.1, 0.15) is 12.7 Å². The smallest absolute Gasteiger partial charge is 0.338 e. The van der Waals surface area contributed by atoms with Gasteiger partial charge in [0.25, 0.3) is 0 Å². The molecule has 0 saturated carbocycles. The molecule has 0 bridgehead atoms. The van der Waals surface area contributed by atoms with Crippen molar-refractivity contribution in [2.75, 3.05) is 6.61 Å². The van der Waals surface area contributed by atoms with Gasteiger partial charge in [0.2, 0.25) is 0 Å². The Morgan fingerprint density at radius 3 is 2.10 bits per heavy atom. The second-order valence-corrected chi connectivity index (χ2v) is 6.45. The molecule has 1 saturated heterocycles. The van der Waals surface area contributed by atoms with E-state index >= 15 is 0 Å². The van der Waals surface area contributed by atoms with Crippen LogP contribution in [-0.2, 0) is 23.8 Å². The van der Waals surface area contributed by atoms with E-state index in [4.69, 9.17) is 14.2 Å². The Balaban J connectivity index is 1.66. The Hall–Kier alpha value is -3.30. The number of carbonyl (C=O) groups excluding carboxylic acids is 3. The zero-order valence-corrected chi connectivity index (χ0v) is 16.0. The first-order valence-corrected chi connectivity index (χ1v) is 9.16. The molecule has 1 unspecified atom stereocenters. The first kappa shape index (κ1) is 21.4. The molecule has 1 heterocycles. The highest BCUT2D eigenvalue weighted by molar-refractivity contribution is 5.90. The molecule has 2 aromatic rings.